The van der Waals surface area contributed by atoms with Crippen LogP contribution in [-0.4, -0.2) is 11.8 Å². The number of anilines is 1. The van der Waals surface area contributed by atoms with E-state index in [1.165, 1.54) is 0 Å². The van der Waals surface area contributed by atoms with E-state index in [0.717, 1.165) is 24.1 Å². The molecule has 0 spiro atoms. The van der Waals surface area contributed by atoms with Gasteiger partial charge in [0.25, 0.3) is 5.91 Å². The fourth-order valence-electron chi connectivity index (χ4n) is 2.17. The lowest BCUT2D eigenvalue weighted by molar-refractivity contribution is -0.117. The Labute approximate surface area is 129 Å². The Hall–Kier alpha value is -2.62. The lowest BCUT2D eigenvalue weighted by Crippen LogP contribution is -2.22. The highest BCUT2D eigenvalue weighted by Crippen LogP contribution is 2.30. The molecule has 0 saturated heterocycles. The van der Waals surface area contributed by atoms with E-state index < -0.39 is 0 Å². The van der Waals surface area contributed by atoms with Crippen molar-refractivity contribution in [1.82, 2.24) is 5.32 Å². The third-order valence-electron chi connectivity index (χ3n) is 3.66. The van der Waals surface area contributed by atoms with Crippen LogP contribution in [-0.2, 0) is 11.3 Å². The first kappa shape index (κ1) is 14.3. The monoisotopic (exact) mass is 294 g/mol. The Balaban J connectivity index is 1.52. The molecule has 0 atom stereocenters. The van der Waals surface area contributed by atoms with E-state index in [2.05, 4.69) is 10.6 Å². The highest BCUT2D eigenvalue weighted by molar-refractivity contribution is 5.94. The number of nitrogens with one attached hydrogen (secondary N) is 2. The maximum atomic E-state index is 11.9. The molecule has 2 aromatic carbocycles. The van der Waals surface area contributed by atoms with Crippen molar-refractivity contribution in [3.8, 4) is 0 Å². The molecule has 0 aliphatic heterocycles. The summed E-state index contributed by atoms with van der Waals surface area (Å²) in [4.78, 5) is 23.6. The van der Waals surface area contributed by atoms with Crippen LogP contribution < -0.4 is 10.6 Å². The second-order valence-corrected chi connectivity index (χ2v) is 5.51. The van der Waals surface area contributed by atoms with Crippen molar-refractivity contribution >= 4 is 17.5 Å². The quantitative estimate of drug-likeness (QED) is 0.890. The summed E-state index contributed by atoms with van der Waals surface area (Å²) in [5.41, 5.74) is 2.44. The Morgan fingerprint density at radius 2 is 1.64 bits per heavy atom. The van der Waals surface area contributed by atoms with Crippen LogP contribution in [0.1, 0.15) is 28.8 Å². The molecule has 3 rings (SSSR count). The smallest absolute Gasteiger partial charge is 0.251 e. The number of carbonyl (C=O) groups excluding carboxylic acids is 2. The van der Waals surface area contributed by atoms with Gasteiger partial charge in [-0.25, -0.2) is 0 Å². The first-order valence-corrected chi connectivity index (χ1v) is 7.45. The summed E-state index contributed by atoms with van der Waals surface area (Å²) in [6.45, 7) is 0.463. The molecule has 112 valence electrons. The second kappa shape index (κ2) is 6.43. The topological polar surface area (TPSA) is 58.2 Å². The first-order valence-electron chi connectivity index (χ1n) is 7.45. The van der Waals surface area contributed by atoms with Gasteiger partial charge in [-0.05, 0) is 42.7 Å². The fraction of sp³-hybridized carbons (Fsp3) is 0.222. The second-order valence-electron chi connectivity index (χ2n) is 5.51. The molecule has 0 aromatic heterocycles. The van der Waals surface area contributed by atoms with Gasteiger partial charge in [-0.15, -0.1) is 0 Å². The lowest BCUT2D eigenvalue weighted by Gasteiger charge is -2.07. The standard InChI is InChI=1S/C18H18N2O2/c21-17(14-4-2-1-3-5-14)19-12-13-6-10-16(11-7-13)20-18(22)15-8-9-15/h1-7,10-11,15H,8-9,12H2,(H,19,21)(H,20,22). The average Bonchev–Trinajstić information content (AvgIpc) is 3.40. The maximum Gasteiger partial charge on any atom is 0.251 e. The third kappa shape index (κ3) is 3.73. The molecule has 4 nitrogen and oxygen atoms in total. The summed E-state index contributed by atoms with van der Waals surface area (Å²) in [6.07, 6.45) is 1.99. The fourth-order valence-corrected chi connectivity index (χ4v) is 2.17. The highest BCUT2D eigenvalue weighted by atomic mass is 16.2. The minimum atomic E-state index is -0.0910. The zero-order chi connectivity index (χ0) is 15.4. The van der Waals surface area contributed by atoms with Gasteiger partial charge in [-0.3, -0.25) is 9.59 Å². The maximum absolute atomic E-state index is 11.9. The molecule has 1 saturated carbocycles. The van der Waals surface area contributed by atoms with E-state index in [1.54, 1.807) is 12.1 Å². The third-order valence-corrected chi connectivity index (χ3v) is 3.66. The predicted molar refractivity (Wildman–Crippen MR) is 85.4 cm³/mol. The Bertz CT molecular complexity index is 661. The van der Waals surface area contributed by atoms with Crippen LogP contribution in [0.5, 0.6) is 0 Å². The van der Waals surface area contributed by atoms with E-state index in [4.69, 9.17) is 0 Å². The van der Waals surface area contributed by atoms with Gasteiger partial charge < -0.3 is 10.6 Å². The summed E-state index contributed by atoms with van der Waals surface area (Å²) < 4.78 is 0. The van der Waals surface area contributed by atoms with Gasteiger partial charge in [0, 0.05) is 23.7 Å². The zero-order valence-corrected chi connectivity index (χ0v) is 12.2. The Morgan fingerprint density at radius 3 is 2.27 bits per heavy atom. The van der Waals surface area contributed by atoms with Crippen molar-refractivity contribution in [3.63, 3.8) is 0 Å². The molecule has 1 fully saturated rings. The molecule has 2 N–H and O–H groups in total. The van der Waals surface area contributed by atoms with Gasteiger partial charge in [0.1, 0.15) is 0 Å². The molecule has 0 bridgehead atoms. The largest absolute Gasteiger partial charge is 0.348 e. The van der Waals surface area contributed by atoms with Crippen molar-refractivity contribution in [3.05, 3.63) is 65.7 Å². The summed E-state index contributed by atoms with van der Waals surface area (Å²) >= 11 is 0. The lowest BCUT2D eigenvalue weighted by atomic mass is 10.2. The van der Waals surface area contributed by atoms with Crippen LogP contribution in [0.4, 0.5) is 5.69 Å². The van der Waals surface area contributed by atoms with Gasteiger partial charge in [0.2, 0.25) is 5.91 Å². The molecule has 2 aromatic rings. The Kier molecular flexibility index (Phi) is 4.19. The SMILES string of the molecule is O=C(NCc1ccc(NC(=O)C2CC2)cc1)c1ccccc1. The van der Waals surface area contributed by atoms with Crippen molar-refractivity contribution in [2.45, 2.75) is 19.4 Å². The summed E-state index contributed by atoms with van der Waals surface area (Å²) in [7, 11) is 0. The van der Waals surface area contributed by atoms with Crippen LogP contribution in [0.3, 0.4) is 0 Å². The molecule has 0 heterocycles. The first-order chi connectivity index (χ1) is 10.7. The molecule has 2 amide bonds. The van der Waals surface area contributed by atoms with Crippen molar-refractivity contribution in [1.29, 1.82) is 0 Å². The van der Waals surface area contributed by atoms with E-state index in [9.17, 15) is 9.59 Å². The normalized spacial score (nSPS) is 13.5. The molecule has 0 unspecified atom stereocenters. The van der Waals surface area contributed by atoms with Gasteiger partial charge >= 0.3 is 0 Å². The number of amides is 2. The average molecular weight is 294 g/mol. The molecule has 1 aliphatic rings. The number of carbonyl (C=O) groups is 2. The molecule has 22 heavy (non-hydrogen) atoms. The minimum absolute atomic E-state index is 0.0910. The molecule has 0 radical (unpaired) electrons. The molecule has 4 heteroatoms. The number of hydrogen-bond donors (Lipinski definition) is 2. The van der Waals surface area contributed by atoms with Gasteiger partial charge in [0.05, 0.1) is 0 Å². The highest BCUT2D eigenvalue weighted by Gasteiger charge is 2.29. The van der Waals surface area contributed by atoms with Crippen molar-refractivity contribution < 1.29 is 9.59 Å². The van der Waals surface area contributed by atoms with Gasteiger partial charge in [-0.1, -0.05) is 30.3 Å². The van der Waals surface area contributed by atoms with E-state index in [1.807, 2.05) is 42.5 Å². The van der Waals surface area contributed by atoms with Crippen LogP contribution >= 0.6 is 0 Å². The predicted octanol–water partition coefficient (Wildman–Crippen LogP) is 2.97. The summed E-state index contributed by atoms with van der Waals surface area (Å²) in [6, 6.07) is 16.7. The van der Waals surface area contributed by atoms with Crippen molar-refractivity contribution in [2.24, 2.45) is 5.92 Å². The number of hydrogen-bond acceptors (Lipinski definition) is 2. The van der Waals surface area contributed by atoms with Gasteiger partial charge in [-0.2, -0.15) is 0 Å². The van der Waals surface area contributed by atoms with Gasteiger partial charge in [0.15, 0.2) is 0 Å². The van der Waals surface area contributed by atoms with E-state index in [-0.39, 0.29) is 17.7 Å². The van der Waals surface area contributed by atoms with Crippen LogP contribution in [0.2, 0.25) is 0 Å². The molecule has 1 aliphatic carbocycles. The van der Waals surface area contributed by atoms with E-state index in [0.29, 0.717) is 12.1 Å². The molecular weight excluding hydrogens is 276 g/mol. The number of benzene rings is 2. The van der Waals surface area contributed by atoms with Crippen molar-refractivity contribution in [2.75, 3.05) is 5.32 Å². The van der Waals surface area contributed by atoms with Crippen LogP contribution in [0, 0.1) is 5.92 Å². The molecular formula is C18H18N2O2. The van der Waals surface area contributed by atoms with Crippen LogP contribution in [0.15, 0.2) is 54.6 Å². The summed E-state index contributed by atoms with van der Waals surface area (Å²) in [5, 5.41) is 5.77. The summed E-state index contributed by atoms with van der Waals surface area (Å²) in [5.74, 6) is 0.210. The number of rotatable bonds is 5. The van der Waals surface area contributed by atoms with E-state index >= 15 is 0 Å². The zero-order valence-electron chi connectivity index (χ0n) is 12.2. The Morgan fingerprint density at radius 1 is 0.955 bits per heavy atom. The van der Waals surface area contributed by atoms with Crippen LogP contribution in [0.25, 0.3) is 0 Å². The minimum Gasteiger partial charge on any atom is -0.348 e.